The third kappa shape index (κ3) is 1.38. The van der Waals surface area contributed by atoms with Gasteiger partial charge in [-0.1, -0.05) is 12.8 Å². The van der Waals surface area contributed by atoms with Crippen LogP contribution < -0.4 is 5.73 Å². The predicted octanol–water partition coefficient (Wildman–Crippen LogP) is 0.899. The number of aliphatic carboxylic acids is 1. The number of aryl methyl sites for hydroxylation is 1. The van der Waals surface area contributed by atoms with E-state index in [-0.39, 0.29) is 0 Å². The van der Waals surface area contributed by atoms with Gasteiger partial charge in [-0.15, -0.1) is 0 Å². The fraction of sp³-hybridized carbons (Fsp3) is 0.600. The van der Waals surface area contributed by atoms with Gasteiger partial charge in [-0.3, -0.25) is 9.48 Å². The lowest BCUT2D eigenvalue weighted by Crippen LogP contribution is -2.33. The largest absolute Gasteiger partial charge is 0.481 e. The highest BCUT2D eigenvalue weighted by Crippen LogP contribution is 2.41. The zero-order valence-electron chi connectivity index (χ0n) is 8.73. The van der Waals surface area contributed by atoms with Gasteiger partial charge in [-0.25, -0.2) is 0 Å². The molecule has 0 bridgehead atoms. The van der Waals surface area contributed by atoms with Crippen LogP contribution in [0.25, 0.3) is 0 Å². The Kier molecular flexibility index (Phi) is 2.17. The normalized spacial score (nSPS) is 19.3. The fourth-order valence-electron chi connectivity index (χ4n) is 2.27. The molecule has 82 valence electrons. The smallest absolute Gasteiger partial charge is 0.315 e. The zero-order chi connectivity index (χ0) is 11.1. The Labute approximate surface area is 87.9 Å². The molecule has 1 aromatic rings. The van der Waals surface area contributed by atoms with E-state index < -0.39 is 11.4 Å². The van der Waals surface area contributed by atoms with Gasteiger partial charge in [-0.05, 0) is 12.8 Å². The van der Waals surface area contributed by atoms with Crippen LogP contribution in [0, 0.1) is 0 Å². The van der Waals surface area contributed by atoms with E-state index in [2.05, 4.69) is 5.10 Å². The lowest BCUT2D eigenvalue weighted by Gasteiger charge is -2.20. The SMILES string of the molecule is Cn1nc(C2(C(=O)O)CCCC2)cc1N. The molecule has 0 radical (unpaired) electrons. The molecule has 0 atom stereocenters. The first-order chi connectivity index (χ1) is 7.06. The summed E-state index contributed by atoms with van der Waals surface area (Å²) < 4.78 is 1.53. The van der Waals surface area contributed by atoms with Crippen molar-refractivity contribution in [2.24, 2.45) is 7.05 Å². The molecule has 0 aromatic carbocycles. The number of hydrogen-bond donors (Lipinski definition) is 2. The van der Waals surface area contributed by atoms with Crippen molar-refractivity contribution in [3.63, 3.8) is 0 Å². The summed E-state index contributed by atoms with van der Waals surface area (Å²) in [5.74, 6) is -0.268. The monoisotopic (exact) mass is 209 g/mol. The van der Waals surface area contributed by atoms with Crippen LogP contribution in [0.2, 0.25) is 0 Å². The Balaban J connectivity index is 2.45. The van der Waals surface area contributed by atoms with Crippen molar-refractivity contribution in [3.8, 4) is 0 Å². The average Bonchev–Trinajstić information content (AvgIpc) is 2.75. The highest BCUT2D eigenvalue weighted by molar-refractivity contribution is 5.81. The first-order valence-electron chi connectivity index (χ1n) is 5.10. The van der Waals surface area contributed by atoms with Gasteiger partial charge in [0.25, 0.3) is 0 Å². The molecule has 5 nitrogen and oxygen atoms in total. The number of carbonyl (C=O) groups is 1. The number of carboxylic acid groups (broad SMARTS) is 1. The molecular formula is C10H15N3O2. The molecule has 1 aliphatic rings. The van der Waals surface area contributed by atoms with Crippen LogP contribution >= 0.6 is 0 Å². The Morgan fingerprint density at radius 2 is 2.20 bits per heavy atom. The van der Waals surface area contributed by atoms with Crippen LogP contribution in [0.4, 0.5) is 5.82 Å². The molecule has 1 aliphatic carbocycles. The van der Waals surface area contributed by atoms with Crippen molar-refractivity contribution in [2.45, 2.75) is 31.1 Å². The van der Waals surface area contributed by atoms with Crippen LogP contribution in [-0.2, 0) is 17.3 Å². The fourth-order valence-corrected chi connectivity index (χ4v) is 2.27. The van der Waals surface area contributed by atoms with Crippen LogP contribution in [0.3, 0.4) is 0 Å². The molecule has 1 saturated carbocycles. The Morgan fingerprint density at radius 3 is 2.60 bits per heavy atom. The molecule has 15 heavy (non-hydrogen) atoms. The number of carboxylic acids is 1. The van der Waals surface area contributed by atoms with E-state index >= 15 is 0 Å². The van der Waals surface area contributed by atoms with E-state index in [9.17, 15) is 9.90 Å². The van der Waals surface area contributed by atoms with Crippen LogP contribution in [0.5, 0.6) is 0 Å². The van der Waals surface area contributed by atoms with Crippen LogP contribution in [0.1, 0.15) is 31.4 Å². The molecule has 3 N–H and O–H groups in total. The third-order valence-electron chi connectivity index (χ3n) is 3.27. The summed E-state index contributed by atoms with van der Waals surface area (Å²) in [5.41, 5.74) is 5.48. The molecule has 2 rings (SSSR count). The Bertz CT molecular complexity index is 372. The van der Waals surface area contributed by atoms with Gasteiger partial charge < -0.3 is 10.8 Å². The van der Waals surface area contributed by atoms with Crippen molar-refractivity contribution in [3.05, 3.63) is 11.8 Å². The van der Waals surface area contributed by atoms with Gasteiger partial charge in [0.05, 0.1) is 5.69 Å². The minimum Gasteiger partial charge on any atom is -0.481 e. The summed E-state index contributed by atoms with van der Waals surface area (Å²) in [7, 11) is 1.73. The van der Waals surface area contributed by atoms with Crippen LogP contribution in [0.15, 0.2) is 6.07 Å². The average molecular weight is 209 g/mol. The van der Waals surface area contributed by atoms with E-state index in [4.69, 9.17) is 5.73 Å². The summed E-state index contributed by atoms with van der Waals surface area (Å²) in [6, 6.07) is 1.68. The van der Waals surface area contributed by atoms with E-state index in [0.717, 1.165) is 12.8 Å². The quantitative estimate of drug-likeness (QED) is 0.758. The molecule has 1 heterocycles. The highest BCUT2D eigenvalue weighted by Gasteiger charge is 2.45. The molecule has 5 heteroatoms. The first kappa shape index (κ1) is 10.0. The molecule has 0 amide bonds. The highest BCUT2D eigenvalue weighted by atomic mass is 16.4. The first-order valence-corrected chi connectivity index (χ1v) is 5.10. The number of nitrogens with two attached hydrogens (primary N) is 1. The van der Waals surface area contributed by atoms with Gasteiger partial charge in [0.15, 0.2) is 0 Å². The van der Waals surface area contributed by atoms with Gasteiger partial charge >= 0.3 is 5.97 Å². The summed E-state index contributed by atoms with van der Waals surface area (Å²) in [6.45, 7) is 0. The topological polar surface area (TPSA) is 81.1 Å². The summed E-state index contributed by atoms with van der Waals surface area (Å²) in [5, 5.41) is 13.5. The van der Waals surface area contributed by atoms with Crippen LogP contribution in [-0.4, -0.2) is 20.9 Å². The van der Waals surface area contributed by atoms with Gasteiger partial charge in [-0.2, -0.15) is 5.10 Å². The lowest BCUT2D eigenvalue weighted by molar-refractivity contribution is -0.143. The van der Waals surface area contributed by atoms with Crippen molar-refractivity contribution in [1.29, 1.82) is 0 Å². The predicted molar refractivity (Wildman–Crippen MR) is 55.4 cm³/mol. The van der Waals surface area contributed by atoms with Crippen molar-refractivity contribution in [1.82, 2.24) is 9.78 Å². The van der Waals surface area contributed by atoms with E-state index in [1.54, 1.807) is 13.1 Å². The molecule has 0 aliphatic heterocycles. The van der Waals surface area contributed by atoms with E-state index in [1.165, 1.54) is 4.68 Å². The number of anilines is 1. The second-order valence-corrected chi connectivity index (χ2v) is 4.17. The second kappa shape index (κ2) is 3.25. The maximum absolute atomic E-state index is 11.4. The number of aromatic nitrogens is 2. The number of nitrogens with zero attached hydrogens (tertiary/aromatic N) is 2. The minimum atomic E-state index is -0.796. The number of nitrogen functional groups attached to an aromatic ring is 1. The molecular weight excluding hydrogens is 194 g/mol. The molecule has 1 aromatic heterocycles. The van der Waals surface area contributed by atoms with E-state index in [1.807, 2.05) is 0 Å². The maximum atomic E-state index is 11.4. The maximum Gasteiger partial charge on any atom is 0.315 e. The molecule has 0 saturated heterocycles. The van der Waals surface area contributed by atoms with Gasteiger partial charge in [0.2, 0.25) is 0 Å². The van der Waals surface area contributed by atoms with E-state index in [0.29, 0.717) is 24.4 Å². The van der Waals surface area contributed by atoms with Crippen molar-refractivity contribution in [2.75, 3.05) is 5.73 Å². The Morgan fingerprint density at radius 1 is 1.60 bits per heavy atom. The Hall–Kier alpha value is -1.52. The minimum absolute atomic E-state index is 0.512. The summed E-state index contributed by atoms with van der Waals surface area (Å²) in [4.78, 5) is 11.4. The van der Waals surface area contributed by atoms with Crippen molar-refractivity contribution >= 4 is 11.8 Å². The zero-order valence-corrected chi connectivity index (χ0v) is 8.73. The number of rotatable bonds is 2. The van der Waals surface area contributed by atoms with Gasteiger partial charge in [0, 0.05) is 13.1 Å². The van der Waals surface area contributed by atoms with Gasteiger partial charge in [0.1, 0.15) is 11.2 Å². The third-order valence-corrected chi connectivity index (χ3v) is 3.27. The molecule has 0 spiro atoms. The molecule has 1 fully saturated rings. The summed E-state index contributed by atoms with van der Waals surface area (Å²) in [6.07, 6.45) is 3.23. The lowest BCUT2D eigenvalue weighted by atomic mass is 9.83. The number of hydrogen-bond acceptors (Lipinski definition) is 3. The summed E-state index contributed by atoms with van der Waals surface area (Å²) >= 11 is 0. The molecule has 0 unspecified atom stereocenters. The second-order valence-electron chi connectivity index (χ2n) is 4.17. The standard InChI is InChI=1S/C10H15N3O2/c1-13-8(11)6-7(12-13)10(9(14)15)4-2-3-5-10/h6H,2-5,11H2,1H3,(H,14,15). The van der Waals surface area contributed by atoms with Crippen molar-refractivity contribution < 1.29 is 9.90 Å².